The first-order valence-electron chi connectivity index (χ1n) is 7.03. The molecule has 2 rings (SSSR count). The number of nitrogens with zero attached hydrogens (tertiary/aromatic N) is 3. The number of para-hydroxylation sites is 1. The molecular weight excluding hydrogens is 310 g/mol. The highest BCUT2D eigenvalue weighted by atomic mass is 35.5. The average molecular weight is 328 g/mol. The van der Waals surface area contributed by atoms with E-state index < -0.39 is 0 Å². The van der Waals surface area contributed by atoms with Gasteiger partial charge in [-0.2, -0.15) is 0 Å². The molecule has 2 amide bonds. The minimum atomic E-state index is -0.175. The molecule has 118 valence electrons. The van der Waals surface area contributed by atoms with Gasteiger partial charge >= 0.3 is 6.03 Å². The van der Waals surface area contributed by atoms with Gasteiger partial charge in [0.25, 0.3) is 0 Å². The second-order valence-electron chi connectivity index (χ2n) is 4.97. The van der Waals surface area contributed by atoms with Crippen LogP contribution in [0.15, 0.2) is 65.8 Å². The Bertz CT molecular complexity index is 711. The maximum Gasteiger partial charge on any atom is 0.328 e. The summed E-state index contributed by atoms with van der Waals surface area (Å²) in [6, 6.07) is 16.5. The lowest BCUT2D eigenvalue weighted by atomic mass is 10.2. The SMILES string of the molecule is C=NC(=CN(C)C(=O)N(C)c1ccccc1)c1ccc(Cl)cc1. The summed E-state index contributed by atoms with van der Waals surface area (Å²) in [5.41, 5.74) is 2.25. The molecule has 0 aromatic heterocycles. The van der Waals surface area contributed by atoms with Crippen LogP contribution in [0.5, 0.6) is 0 Å². The zero-order valence-electron chi connectivity index (χ0n) is 13.1. The molecule has 4 nitrogen and oxygen atoms in total. The van der Waals surface area contributed by atoms with Gasteiger partial charge in [0, 0.05) is 36.6 Å². The summed E-state index contributed by atoms with van der Waals surface area (Å²) in [5.74, 6) is 0. The first-order chi connectivity index (χ1) is 11.0. The number of carbonyl (C=O) groups excluding carboxylic acids is 1. The number of carbonyl (C=O) groups is 1. The minimum absolute atomic E-state index is 0.175. The van der Waals surface area contributed by atoms with Crippen molar-refractivity contribution >= 4 is 35.7 Å². The van der Waals surface area contributed by atoms with Crippen molar-refractivity contribution in [2.45, 2.75) is 0 Å². The van der Waals surface area contributed by atoms with E-state index in [9.17, 15) is 4.79 Å². The zero-order valence-corrected chi connectivity index (χ0v) is 13.9. The Morgan fingerprint density at radius 3 is 2.26 bits per heavy atom. The molecule has 0 unspecified atom stereocenters. The molecule has 0 heterocycles. The molecular formula is C18H18ClN3O. The average Bonchev–Trinajstić information content (AvgIpc) is 2.59. The van der Waals surface area contributed by atoms with Crippen molar-refractivity contribution < 1.29 is 4.79 Å². The third-order valence-corrected chi connectivity index (χ3v) is 3.61. The molecule has 0 radical (unpaired) electrons. The van der Waals surface area contributed by atoms with Gasteiger partial charge in [-0.1, -0.05) is 41.9 Å². The normalized spacial score (nSPS) is 11.0. The third kappa shape index (κ3) is 4.20. The molecule has 2 aromatic rings. The molecule has 0 N–H and O–H groups in total. The Morgan fingerprint density at radius 2 is 1.70 bits per heavy atom. The van der Waals surface area contributed by atoms with Gasteiger partial charge in [0.05, 0.1) is 5.70 Å². The molecule has 0 bridgehead atoms. The second kappa shape index (κ2) is 7.61. The molecule has 0 fully saturated rings. The highest BCUT2D eigenvalue weighted by molar-refractivity contribution is 6.30. The molecule has 0 aliphatic rings. The predicted molar refractivity (Wildman–Crippen MR) is 97.0 cm³/mol. The molecule has 0 spiro atoms. The van der Waals surface area contributed by atoms with Crippen LogP contribution < -0.4 is 4.90 Å². The van der Waals surface area contributed by atoms with Crippen LogP contribution in [-0.2, 0) is 0 Å². The van der Waals surface area contributed by atoms with E-state index in [1.165, 1.54) is 4.90 Å². The van der Waals surface area contributed by atoms with Crippen molar-refractivity contribution in [3.63, 3.8) is 0 Å². The number of hydrogen-bond acceptors (Lipinski definition) is 2. The van der Waals surface area contributed by atoms with Crippen LogP contribution in [0, 0.1) is 0 Å². The molecule has 23 heavy (non-hydrogen) atoms. The van der Waals surface area contributed by atoms with Crippen LogP contribution in [0.4, 0.5) is 10.5 Å². The van der Waals surface area contributed by atoms with Gasteiger partial charge in [-0.3, -0.25) is 9.89 Å². The molecule has 0 atom stereocenters. The number of aliphatic imine (C=N–C) groups is 1. The van der Waals surface area contributed by atoms with E-state index in [1.54, 1.807) is 37.3 Å². The minimum Gasteiger partial charge on any atom is -0.302 e. The fraction of sp³-hybridized carbons (Fsp3) is 0.111. The van der Waals surface area contributed by atoms with Crippen LogP contribution in [0.2, 0.25) is 5.02 Å². The summed E-state index contributed by atoms with van der Waals surface area (Å²) in [6.45, 7) is 3.57. The van der Waals surface area contributed by atoms with Crippen LogP contribution in [0.25, 0.3) is 5.70 Å². The van der Waals surface area contributed by atoms with Crippen molar-refractivity contribution in [3.05, 3.63) is 71.4 Å². The van der Waals surface area contributed by atoms with Gasteiger partial charge in [-0.05, 0) is 31.0 Å². The van der Waals surface area contributed by atoms with Gasteiger partial charge in [0.15, 0.2) is 0 Å². The highest BCUT2D eigenvalue weighted by Crippen LogP contribution is 2.20. The summed E-state index contributed by atoms with van der Waals surface area (Å²) in [5, 5.41) is 0.644. The summed E-state index contributed by atoms with van der Waals surface area (Å²) in [7, 11) is 3.41. The van der Waals surface area contributed by atoms with Gasteiger partial charge in [0.2, 0.25) is 0 Å². The lowest BCUT2D eigenvalue weighted by Crippen LogP contribution is -2.35. The highest BCUT2D eigenvalue weighted by Gasteiger charge is 2.15. The summed E-state index contributed by atoms with van der Waals surface area (Å²) < 4.78 is 0. The Morgan fingerprint density at radius 1 is 1.09 bits per heavy atom. The first-order valence-corrected chi connectivity index (χ1v) is 7.41. The summed E-state index contributed by atoms with van der Waals surface area (Å²) >= 11 is 5.89. The summed E-state index contributed by atoms with van der Waals surface area (Å²) in [6.07, 6.45) is 1.65. The van der Waals surface area contributed by atoms with E-state index >= 15 is 0 Å². The number of halogens is 1. The van der Waals surface area contributed by atoms with Gasteiger partial charge in [0.1, 0.15) is 0 Å². The molecule has 0 saturated heterocycles. The maximum absolute atomic E-state index is 12.5. The van der Waals surface area contributed by atoms with Crippen molar-refractivity contribution in [3.8, 4) is 0 Å². The second-order valence-corrected chi connectivity index (χ2v) is 5.40. The smallest absolute Gasteiger partial charge is 0.302 e. The molecule has 5 heteroatoms. The topological polar surface area (TPSA) is 35.9 Å². The van der Waals surface area contributed by atoms with Gasteiger partial charge in [-0.25, -0.2) is 4.79 Å². The van der Waals surface area contributed by atoms with E-state index in [2.05, 4.69) is 11.7 Å². The van der Waals surface area contributed by atoms with Crippen molar-refractivity contribution in [2.24, 2.45) is 4.99 Å². The van der Waals surface area contributed by atoms with Crippen molar-refractivity contribution in [1.29, 1.82) is 0 Å². The summed E-state index contributed by atoms with van der Waals surface area (Å²) in [4.78, 5) is 19.5. The van der Waals surface area contributed by atoms with E-state index in [-0.39, 0.29) is 6.03 Å². The predicted octanol–water partition coefficient (Wildman–Crippen LogP) is 4.53. The van der Waals surface area contributed by atoms with Gasteiger partial charge in [-0.15, -0.1) is 0 Å². The lowest BCUT2D eigenvalue weighted by molar-refractivity contribution is 0.230. The van der Waals surface area contributed by atoms with E-state index in [0.29, 0.717) is 10.7 Å². The number of urea groups is 1. The lowest BCUT2D eigenvalue weighted by Gasteiger charge is -2.23. The number of hydrogen-bond donors (Lipinski definition) is 0. The molecule has 0 saturated carbocycles. The third-order valence-electron chi connectivity index (χ3n) is 3.36. The Hall–Kier alpha value is -2.59. The first kappa shape index (κ1) is 16.8. The monoisotopic (exact) mass is 327 g/mol. The van der Waals surface area contributed by atoms with Crippen molar-refractivity contribution in [2.75, 3.05) is 19.0 Å². The van der Waals surface area contributed by atoms with Crippen LogP contribution in [0.3, 0.4) is 0 Å². The Balaban J connectivity index is 2.20. The number of amides is 2. The fourth-order valence-corrected chi connectivity index (χ4v) is 2.19. The Kier molecular flexibility index (Phi) is 5.55. The zero-order chi connectivity index (χ0) is 16.8. The number of benzene rings is 2. The number of rotatable bonds is 4. The van der Waals surface area contributed by atoms with E-state index in [0.717, 1.165) is 11.3 Å². The van der Waals surface area contributed by atoms with E-state index in [1.807, 2.05) is 42.5 Å². The largest absolute Gasteiger partial charge is 0.328 e. The Labute approximate surface area is 141 Å². The standard InChI is InChI=1S/C18H18ClN3O/c1-20-17(14-9-11-15(19)12-10-14)13-21(2)18(23)22(3)16-7-5-4-6-8-16/h4-13H,1H2,2-3H3. The van der Waals surface area contributed by atoms with Crippen LogP contribution >= 0.6 is 11.6 Å². The molecule has 0 aliphatic heterocycles. The van der Waals surface area contributed by atoms with E-state index in [4.69, 9.17) is 11.6 Å². The van der Waals surface area contributed by atoms with Gasteiger partial charge < -0.3 is 4.90 Å². The maximum atomic E-state index is 12.5. The molecule has 0 aliphatic carbocycles. The quantitative estimate of drug-likeness (QED) is 0.760. The molecule has 2 aromatic carbocycles. The van der Waals surface area contributed by atoms with Crippen LogP contribution in [0.1, 0.15) is 5.56 Å². The van der Waals surface area contributed by atoms with Crippen LogP contribution in [-0.4, -0.2) is 31.7 Å². The fourth-order valence-electron chi connectivity index (χ4n) is 2.06. The number of anilines is 1. The van der Waals surface area contributed by atoms with Crippen molar-refractivity contribution in [1.82, 2.24) is 4.90 Å².